The van der Waals surface area contributed by atoms with Gasteiger partial charge in [-0.2, -0.15) is 0 Å². The molecule has 1 aromatic carbocycles. The molecule has 0 spiro atoms. The molecule has 0 fully saturated rings. The molecule has 148 valence electrons. The Morgan fingerprint density at radius 2 is 1.76 bits per heavy atom. The summed E-state index contributed by atoms with van der Waals surface area (Å²) in [5.74, 6) is 2.61. The fourth-order valence-electron chi connectivity index (χ4n) is 2.83. The summed E-state index contributed by atoms with van der Waals surface area (Å²) in [6, 6.07) is 11.4. The molecule has 0 aliphatic heterocycles. The molecule has 4 rings (SSSR count). The Bertz CT molecular complexity index is 1080. The minimum atomic E-state index is -0.0747. The van der Waals surface area contributed by atoms with Crippen LogP contribution in [0, 0.1) is 0 Å². The van der Waals surface area contributed by atoms with E-state index in [0.717, 1.165) is 34.4 Å². The molecule has 0 radical (unpaired) electrons. The standard InChI is InChI=1S/C20H20N6O2S/c1-4-26-17(14-9-11-21-12-10-14)22-25-20(26)29-13(2)18-23-24-19(28-18)15-5-7-16(27-3)8-6-15/h5-13H,4H2,1-3H3. The van der Waals surface area contributed by atoms with Gasteiger partial charge >= 0.3 is 0 Å². The maximum absolute atomic E-state index is 5.89. The van der Waals surface area contributed by atoms with Gasteiger partial charge < -0.3 is 13.7 Å². The summed E-state index contributed by atoms with van der Waals surface area (Å²) in [5, 5.41) is 17.8. The van der Waals surface area contributed by atoms with Gasteiger partial charge in [-0.3, -0.25) is 4.98 Å². The predicted molar refractivity (Wildman–Crippen MR) is 109 cm³/mol. The van der Waals surface area contributed by atoms with Crippen LogP contribution in [0.5, 0.6) is 5.75 Å². The summed E-state index contributed by atoms with van der Waals surface area (Å²) in [4.78, 5) is 4.06. The number of hydrogen-bond acceptors (Lipinski definition) is 8. The smallest absolute Gasteiger partial charge is 0.247 e. The first-order valence-electron chi connectivity index (χ1n) is 9.17. The highest BCUT2D eigenvalue weighted by Gasteiger charge is 2.21. The van der Waals surface area contributed by atoms with E-state index in [9.17, 15) is 0 Å². The maximum Gasteiger partial charge on any atom is 0.247 e. The van der Waals surface area contributed by atoms with E-state index in [4.69, 9.17) is 9.15 Å². The lowest BCUT2D eigenvalue weighted by molar-refractivity contribution is 0.415. The van der Waals surface area contributed by atoms with E-state index in [1.54, 1.807) is 19.5 Å². The Labute approximate surface area is 172 Å². The molecule has 29 heavy (non-hydrogen) atoms. The van der Waals surface area contributed by atoms with Crippen LogP contribution in [0.1, 0.15) is 25.0 Å². The van der Waals surface area contributed by atoms with Crippen molar-refractivity contribution in [2.75, 3.05) is 7.11 Å². The van der Waals surface area contributed by atoms with Crippen molar-refractivity contribution in [2.24, 2.45) is 0 Å². The van der Waals surface area contributed by atoms with Gasteiger partial charge in [0.15, 0.2) is 11.0 Å². The van der Waals surface area contributed by atoms with E-state index in [1.165, 1.54) is 11.8 Å². The normalized spacial score (nSPS) is 12.1. The Morgan fingerprint density at radius 3 is 2.45 bits per heavy atom. The number of benzene rings is 1. The Kier molecular flexibility index (Phi) is 5.57. The van der Waals surface area contributed by atoms with Crippen LogP contribution in [0.3, 0.4) is 0 Å². The summed E-state index contributed by atoms with van der Waals surface area (Å²) in [5.41, 5.74) is 1.83. The van der Waals surface area contributed by atoms with Crippen molar-refractivity contribution >= 4 is 11.8 Å². The highest BCUT2D eigenvalue weighted by molar-refractivity contribution is 7.99. The molecule has 0 saturated carbocycles. The topological polar surface area (TPSA) is 91.8 Å². The first kappa shape index (κ1) is 19.1. The molecule has 3 heterocycles. The van der Waals surface area contributed by atoms with Crippen molar-refractivity contribution in [1.29, 1.82) is 0 Å². The van der Waals surface area contributed by atoms with Crippen LogP contribution in [0.25, 0.3) is 22.8 Å². The lowest BCUT2D eigenvalue weighted by Gasteiger charge is -2.09. The third kappa shape index (κ3) is 4.00. The monoisotopic (exact) mass is 408 g/mol. The van der Waals surface area contributed by atoms with Crippen molar-refractivity contribution in [3.05, 3.63) is 54.7 Å². The Hall–Kier alpha value is -3.20. The van der Waals surface area contributed by atoms with Crippen molar-refractivity contribution in [2.45, 2.75) is 30.8 Å². The number of rotatable bonds is 7. The van der Waals surface area contributed by atoms with E-state index in [2.05, 4.69) is 36.9 Å². The van der Waals surface area contributed by atoms with Gasteiger partial charge in [0.25, 0.3) is 0 Å². The fourth-order valence-corrected chi connectivity index (χ4v) is 3.78. The first-order chi connectivity index (χ1) is 14.2. The molecular formula is C20H20N6O2S. The van der Waals surface area contributed by atoms with Crippen molar-refractivity contribution in [3.8, 4) is 28.6 Å². The molecule has 0 amide bonds. The van der Waals surface area contributed by atoms with E-state index < -0.39 is 0 Å². The van der Waals surface area contributed by atoms with Gasteiger partial charge in [-0.05, 0) is 50.2 Å². The van der Waals surface area contributed by atoms with Gasteiger partial charge in [-0.15, -0.1) is 20.4 Å². The number of aromatic nitrogens is 6. The van der Waals surface area contributed by atoms with Crippen LogP contribution in [0.15, 0.2) is 58.4 Å². The molecular weight excluding hydrogens is 388 g/mol. The molecule has 0 aliphatic carbocycles. The highest BCUT2D eigenvalue weighted by atomic mass is 32.2. The fraction of sp³-hybridized carbons (Fsp3) is 0.250. The van der Waals surface area contributed by atoms with Crippen molar-refractivity contribution < 1.29 is 9.15 Å². The van der Waals surface area contributed by atoms with E-state index in [-0.39, 0.29) is 5.25 Å². The van der Waals surface area contributed by atoms with Crippen LogP contribution in [0.4, 0.5) is 0 Å². The third-order valence-corrected chi connectivity index (χ3v) is 5.45. The van der Waals surface area contributed by atoms with E-state index in [1.807, 2.05) is 43.3 Å². The summed E-state index contributed by atoms with van der Waals surface area (Å²) in [6.45, 7) is 4.83. The van der Waals surface area contributed by atoms with Gasteiger partial charge in [0.1, 0.15) is 5.75 Å². The number of nitrogens with zero attached hydrogens (tertiary/aromatic N) is 6. The number of pyridine rings is 1. The SMILES string of the molecule is CCn1c(SC(C)c2nnc(-c3ccc(OC)cc3)o2)nnc1-c1ccncc1. The minimum Gasteiger partial charge on any atom is -0.497 e. The zero-order valence-electron chi connectivity index (χ0n) is 16.3. The summed E-state index contributed by atoms with van der Waals surface area (Å²) in [7, 11) is 1.63. The second-order valence-electron chi connectivity index (χ2n) is 6.22. The quantitative estimate of drug-likeness (QED) is 0.419. The Balaban J connectivity index is 1.53. The van der Waals surface area contributed by atoms with Gasteiger partial charge in [-0.25, -0.2) is 0 Å². The summed E-state index contributed by atoms with van der Waals surface area (Å²) < 4.78 is 13.1. The second-order valence-corrected chi connectivity index (χ2v) is 7.53. The molecule has 0 bridgehead atoms. The lowest BCUT2D eigenvalue weighted by Crippen LogP contribution is -2.01. The van der Waals surface area contributed by atoms with Gasteiger partial charge in [0.05, 0.1) is 12.4 Å². The van der Waals surface area contributed by atoms with Gasteiger partial charge in [-0.1, -0.05) is 11.8 Å². The van der Waals surface area contributed by atoms with Crippen LogP contribution in [0.2, 0.25) is 0 Å². The predicted octanol–water partition coefficient (Wildman–Crippen LogP) is 4.27. The van der Waals surface area contributed by atoms with Crippen LogP contribution in [-0.2, 0) is 6.54 Å². The molecule has 8 nitrogen and oxygen atoms in total. The molecule has 1 unspecified atom stereocenters. The van der Waals surface area contributed by atoms with Crippen LogP contribution >= 0.6 is 11.8 Å². The second kappa shape index (κ2) is 8.44. The van der Waals surface area contributed by atoms with Crippen molar-refractivity contribution in [1.82, 2.24) is 29.9 Å². The summed E-state index contributed by atoms with van der Waals surface area (Å²) in [6.07, 6.45) is 3.50. The van der Waals surface area contributed by atoms with Crippen LogP contribution in [-0.4, -0.2) is 37.1 Å². The van der Waals surface area contributed by atoms with Gasteiger partial charge in [0.2, 0.25) is 11.8 Å². The average Bonchev–Trinajstić information content (AvgIpc) is 3.42. The molecule has 0 saturated heterocycles. The average molecular weight is 408 g/mol. The van der Waals surface area contributed by atoms with Crippen molar-refractivity contribution in [3.63, 3.8) is 0 Å². The zero-order valence-corrected chi connectivity index (χ0v) is 17.1. The summed E-state index contributed by atoms with van der Waals surface area (Å²) >= 11 is 1.54. The molecule has 9 heteroatoms. The zero-order chi connectivity index (χ0) is 20.2. The molecule has 4 aromatic rings. The van der Waals surface area contributed by atoms with E-state index in [0.29, 0.717) is 11.8 Å². The third-order valence-electron chi connectivity index (χ3n) is 4.38. The molecule has 1 atom stereocenters. The number of thioether (sulfide) groups is 1. The van der Waals surface area contributed by atoms with Gasteiger partial charge in [0, 0.05) is 30.1 Å². The molecule has 3 aromatic heterocycles. The Morgan fingerprint density at radius 1 is 1.00 bits per heavy atom. The highest BCUT2D eigenvalue weighted by Crippen LogP contribution is 2.35. The first-order valence-corrected chi connectivity index (χ1v) is 10.1. The number of methoxy groups -OCH3 is 1. The largest absolute Gasteiger partial charge is 0.497 e. The lowest BCUT2D eigenvalue weighted by atomic mass is 10.2. The molecule has 0 N–H and O–H groups in total. The molecule has 0 aliphatic rings. The van der Waals surface area contributed by atoms with E-state index >= 15 is 0 Å². The maximum atomic E-state index is 5.89. The number of ether oxygens (including phenoxy) is 1. The van der Waals surface area contributed by atoms with Crippen LogP contribution < -0.4 is 4.74 Å². The minimum absolute atomic E-state index is 0.0747. The number of hydrogen-bond donors (Lipinski definition) is 0.